The molecule has 0 aromatic heterocycles. The predicted octanol–water partition coefficient (Wildman–Crippen LogP) is 1.16. The van der Waals surface area contributed by atoms with Gasteiger partial charge in [0.1, 0.15) is 47.3 Å². The van der Waals surface area contributed by atoms with Crippen LogP contribution in [0.1, 0.15) is 108 Å². The molecular weight excluding hydrogens is 1110 g/mol. The van der Waals surface area contributed by atoms with Crippen molar-refractivity contribution in [1.82, 2.24) is 47.9 Å². The minimum absolute atomic E-state index is 0.0142. The van der Waals surface area contributed by atoms with E-state index in [9.17, 15) is 72.9 Å². The Hall–Kier alpha value is -8.55. The number of primary amides is 1. The molecule has 458 valence electrons. The second kappa shape index (κ2) is 36.1. The summed E-state index contributed by atoms with van der Waals surface area (Å²) < 4.78 is 0. The third-order valence-electron chi connectivity index (χ3n) is 12.9. The third-order valence-corrected chi connectivity index (χ3v) is 14.1. The van der Waals surface area contributed by atoms with Crippen LogP contribution in [0.25, 0.3) is 0 Å². The lowest BCUT2D eigenvalue weighted by atomic mass is 9.99. The fraction of sp³-hybridized carbons (Fsp3) is 0.483. The molecule has 0 unspecified atom stereocenters. The number of hydrogen-bond donors (Lipinski definition) is 13. The largest absolute Gasteiger partial charge is 0.508 e. The zero-order chi connectivity index (χ0) is 62.5. The zero-order valence-electron chi connectivity index (χ0n) is 48.1. The molecule has 7 atom stereocenters. The number of nitrogens with one attached hydrogen (secondary N) is 9. The first-order valence-corrected chi connectivity index (χ1v) is 28.6. The summed E-state index contributed by atoms with van der Waals surface area (Å²) in [6, 6.07) is 14.5. The van der Waals surface area contributed by atoms with Crippen LogP contribution in [0.2, 0.25) is 0 Å². The number of carbonyl (C=O) groups excluding carboxylic acids is 10. The Labute approximate surface area is 492 Å². The first-order chi connectivity index (χ1) is 39.7. The van der Waals surface area contributed by atoms with Crippen molar-refractivity contribution in [3.8, 4) is 5.75 Å². The van der Waals surface area contributed by atoms with Crippen molar-refractivity contribution in [3.05, 3.63) is 102 Å². The summed E-state index contributed by atoms with van der Waals surface area (Å²) >= 11 is 1.09. The van der Waals surface area contributed by atoms with Gasteiger partial charge in [-0.05, 0) is 85.3 Å². The molecule has 3 rings (SSSR count). The van der Waals surface area contributed by atoms with Gasteiger partial charge in [0, 0.05) is 37.1 Å². The van der Waals surface area contributed by atoms with Crippen molar-refractivity contribution in [2.45, 2.75) is 140 Å². The lowest BCUT2D eigenvalue weighted by Crippen LogP contribution is -2.60. The number of benzene rings is 3. The first-order valence-electron chi connectivity index (χ1n) is 27.6. The number of hydrogen-bond acceptors (Lipinski definition) is 14. The molecule has 3 aromatic carbocycles. The number of rotatable bonds is 37. The summed E-state index contributed by atoms with van der Waals surface area (Å²) in [5.74, 6) is -11.5. The van der Waals surface area contributed by atoms with Crippen LogP contribution < -0.4 is 53.6 Å². The molecule has 0 radical (unpaired) electrons. The summed E-state index contributed by atoms with van der Waals surface area (Å²) in [5, 5.41) is 51.4. The van der Waals surface area contributed by atoms with Gasteiger partial charge in [-0.2, -0.15) is 0 Å². The monoisotopic (exact) mass is 1190 g/mol. The average molecular weight is 1190 g/mol. The molecule has 84 heavy (non-hydrogen) atoms. The second-order valence-corrected chi connectivity index (χ2v) is 22.3. The fourth-order valence-electron chi connectivity index (χ4n) is 8.29. The molecule has 0 aliphatic rings. The Morgan fingerprint density at radius 1 is 0.524 bits per heavy atom. The minimum atomic E-state index is -1.69. The summed E-state index contributed by atoms with van der Waals surface area (Å²) in [6.07, 6.45) is -1.66. The highest BCUT2D eigenvalue weighted by Crippen LogP contribution is 2.21. The number of phenols is 1. The number of thioether (sulfide) groups is 1. The van der Waals surface area contributed by atoms with Crippen molar-refractivity contribution < 1.29 is 72.9 Å². The van der Waals surface area contributed by atoms with E-state index in [1.54, 1.807) is 71.9 Å². The molecule has 3 aromatic rings. The van der Waals surface area contributed by atoms with E-state index in [0.29, 0.717) is 16.9 Å². The van der Waals surface area contributed by atoms with Crippen LogP contribution in [0.4, 0.5) is 0 Å². The molecule has 0 aliphatic carbocycles. The highest BCUT2D eigenvalue weighted by molar-refractivity contribution is 7.99. The number of aliphatic carboxylic acids is 2. The SMILES string of the molecule is CC(C)C[C@H](NC(=O)[C@@H](NC(=O)CNC(=O)c1ccccc1)C(C)C)C(=O)N[C@@H](CCCCNC(=O)C[C@H](SCc1ccccc1)C(=O)O)C(=O)N[C@@H](CCC(=O)O)C(=O)N[C@@H](Cc1ccc(O)cc1)C(=O)NCC(=O)N[C@H](C(N)=O)C(C)C. The predicted molar refractivity (Wildman–Crippen MR) is 311 cm³/mol. The summed E-state index contributed by atoms with van der Waals surface area (Å²) in [6.45, 7) is 8.99. The number of amides is 10. The Bertz CT molecular complexity index is 2720. The van der Waals surface area contributed by atoms with E-state index in [1.165, 1.54) is 24.3 Å². The van der Waals surface area contributed by atoms with E-state index in [-0.39, 0.29) is 56.7 Å². The van der Waals surface area contributed by atoms with Gasteiger partial charge in [0.2, 0.25) is 53.2 Å². The third kappa shape index (κ3) is 26.1. The Balaban J connectivity index is 1.90. The van der Waals surface area contributed by atoms with Crippen LogP contribution in [0.3, 0.4) is 0 Å². The molecular formula is C58H80N10O15S. The number of carboxylic acids is 2. The van der Waals surface area contributed by atoms with Gasteiger partial charge in [0.15, 0.2) is 0 Å². The van der Waals surface area contributed by atoms with Gasteiger partial charge in [0.25, 0.3) is 5.91 Å². The minimum Gasteiger partial charge on any atom is -0.508 e. The van der Waals surface area contributed by atoms with Crippen molar-refractivity contribution in [2.75, 3.05) is 19.6 Å². The summed E-state index contributed by atoms with van der Waals surface area (Å²) in [4.78, 5) is 158. The quantitative estimate of drug-likeness (QED) is 0.0360. The van der Waals surface area contributed by atoms with Gasteiger partial charge in [-0.15, -0.1) is 11.8 Å². The van der Waals surface area contributed by atoms with E-state index in [4.69, 9.17) is 5.73 Å². The first kappa shape index (κ1) is 69.7. The maximum Gasteiger partial charge on any atom is 0.317 e. The van der Waals surface area contributed by atoms with Gasteiger partial charge in [0.05, 0.1) is 13.1 Å². The maximum absolute atomic E-state index is 14.5. The molecule has 0 aliphatic heterocycles. The standard InChI is InChI=1S/C58H80N10O15S/c1-33(2)27-42(66-57(81)50(35(5)6)68-47(72)30-61-52(76)38-17-11-8-12-18-38)56(80)63-40(19-13-14-26-60-45(70)29-44(58(82)83)84-32-37-15-9-7-10-16-37)54(78)64-41(24-25-48(73)74)55(79)65-43(28-36-20-22-39(69)23-21-36)53(77)62-31-46(71)67-49(34(3)4)51(59)75/h7-12,15-18,20-23,33-35,40-44,49-50,69H,13-14,19,24-32H2,1-6H3,(H2,59,75)(H,60,70)(H,61,76)(H,62,77)(H,63,80)(H,64,78)(H,65,79)(H,66,81)(H,67,71)(H,68,72)(H,73,74)(H,82,83)/t40-,41-,42-,43-,44-,49-,50-/m0/s1. The number of carboxylic acid groups (broad SMARTS) is 2. The van der Waals surface area contributed by atoms with Crippen LogP contribution in [0.15, 0.2) is 84.9 Å². The van der Waals surface area contributed by atoms with E-state index >= 15 is 0 Å². The smallest absolute Gasteiger partial charge is 0.317 e. The van der Waals surface area contributed by atoms with Gasteiger partial charge in [-0.3, -0.25) is 57.5 Å². The van der Waals surface area contributed by atoms with Crippen molar-refractivity contribution in [2.24, 2.45) is 23.5 Å². The Morgan fingerprint density at radius 3 is 1.60 bits per heavy atom. The number of phenolic OH excluding ortho intramolecular Hbond substituents is 1. The molecule has 14 N–H and O–H groups in total. The van der Waals surface area contributed by atoms with Crippen molar-refractivity contribution in [1.29, 1.82) is 0 Å². The molecule has 26 heteroatoms. The summed E-state index contributed by atoms with van der Waals surface area (Å²) in [5.41, 5.74) is 7.02. The lowest BCUT2D eigenvalue weighted by molar-refractivity contribution is -0.139. The molecule has 0 fully saturated rings. The zero-order valence-corrected chi connectivity index (χ0v) is 48.9. The van der Waals surface area contributed by atoms with Crippen LogP contribution in [-0.2, 0) is 64.9 Å². The fourth-order valence-corrected chi connectivity index (χ4v) is 9.29. The number of aromatic hydroxyl groups is 1. The van der Waals surface area contributed by atoms with Crippen molar-refractivity contribution >= 4 is 82.8 Å². The van der Waals surface area contributed by atoms with Gasteiger partial charge >= 0.3 is 11.9 Å². The van der Waals surface area contributed by atoms with Crippen LogP contribution in [-0.4, -0.2) is 147 Å². The van der Waals surface area contributed by atoms with Crippen LogP contribution in [0.5, 0.6) is 5.75 Å². The highest BCUT2D eigenvalue weighted by Gasteiger charge is 2.34. The Morgan fingerprint density at radius 2 is 1.05 bits per heavy atom. The van der Waals surface area contributed by atoms with E-state index in [2.05, 4.69) is 47.9 Å². The second-order valence-electron chi connectivity index (χ2n) is 21.1. The topological polar surface area (TPSA) is 400 Å². The van der Waals surface area contributed by atoms with E-state index in [1.807, 2.05) is 30.3 Å². The normalized spacial score (nSPS) is 13.5. The van der Waals surface area contributed by atoms with Gasteiger partial charge in [-0.1, -0.05) is 102 Å². The average Bonchev–Trinajstić information content (AvgIpc) is 3.65. The number of unbranched alkanes of at least 4 members (excludes halogenated alkanes) is 1. The van der Waals surface area contributed by atoms with Gasteiger partial charge in [-0.25, -0.2) is 0 Å². The molecule has 0 saturated carbocycles. The summed E-state index contributed by atoms with van der Waals surface area (Å²) in [7, 11) is 0. The molecule has 0 bridgehead atoms. The molecule has 0 spiro atoms. The van der Waals surface area contributed by atoms with Crippen LogP contribution in [0, 0.1) is 17.8 Å². The molecule has 0 saturated heterocycles. The van der Waals surface area contributed by atoms with Crippen LogP contribution >= 0.6 is 11.8 Å². The lowest BCUT2D eigenvalue weighted by Gasteiger charge is -2.28. The van der Waals surface area contributed by atoms with Crippen molar-refractivity contribution in [3.63, 3.8) is 0 Å². The number of carbonyl (C=O) groups is 12. The van der Waals surface area contributed by atoms with E-state index < -0.39 is 150 Å². The molecule has 25 nitrogen and oxygen atoms in total. The van der Waals surface area contributed by atoms with E-state index in [0.717, 1.165) is 17.3 Å². The van der Waals surface area contributed by atoms with Gasteiger partial charge < -0.3 is 68.9 Å². The molecule has 10 amide bonds. The molecule has 0 heterocycles. The Kier molecular flexibility index (Phi) is 30.0. The number of nitrogens with two attached hydrogens (primary N) is 1. The highest BCUT2D eigenvalue weighted by atomic mass is 32.2. The maximum atomic E-state index is 14.5.